The molecule has 0 aliphatic heterocycles. The van der Waals surface area contributed by atoms with E-state index in [0.29, 0.717) is 0 Å². The van der Waals surface area contributed by atoms with E-state index in [9.17, 15) is 0 Å². The maximum atomic E-state index is 3.66. The molecule has 0 saturated heterocycles. The van der Waals surface area contributed by atoms with Crippen molar-refractivity contribution in [1.82, 2.24) is 9.13 Å². The molecule has 0 atom stereocenters. The first kappa shape index (κ1) is 18.7. The molecule has 7 rings (SSSR count). The van der Waals surface area contributed by atoms with Crippen molar-refractivity contribution in [1.29, 1.82) is 0 Å². The lowest BCUT2D eigenvalue weighted by Crippen LogP contribution is -1.95. The van der Waals surface area contributed by atoms with Gasteiger partial charge in [-0.05, 0) is 48.5 Å². The van der Waals surface area contributed by atoms with Gasteiger partial charge in [0.25, 0.3) is 0 Å². The smallest absolute Gasteiger partial charge is 0.0641 e. The van der Waals surface area contributed by atoms with E-state index < -0.39 is 0 Å². The van der Waals surface area contributed by atoms with Crippen molar-refractivity contribution in [2.45, 2.75) is 0 Å². The van der Waals surface area contributed by atoms with Crippen LogP contribution in [0.15, 0.2) is 120 Å². The highest BCUT2D eigenvalue weighted by Crippen LogP contribution is 2.41. The fraction of sp³-hybridized carbons (Fsp3) is 0. The van der Waals surface area contributed by atoms with E-state index in [0.717, 1.165) is 10.2 Å². The molecule has 0 saturated carbocycles. The van der Waals surface area contributed by atoms with Crippen LogP contribution in [0.25, 0.3) is 55.0 Å². The first-order valence-electron chi connectivity index (χ1n) is 11.1. The Labute approximate surface area is 199 Å². The van der Waals surface area contributed by atoms with Crippen LogP contribution in [0.5, 0.6) is 0 Å². The molecule has 3 heteroatoms. The highest BCUT2D eigenvalue weighted by atomic mass is 79.9. The standard InChI is InChI=1S/C30H19BrN2/c31-20-9-8-12-22(19-20)32-27-16-7-5-14-25(27)29-28(32)18-17-24-23-13-4-6-15-26(23)33(30(24)29)21-10-2-1-3-11-21/h1-19H. The molecule has 0 aliphatic rings. The highest BCUT2D eigenvalue weighted by Gasteiger charge is 2.20. The van der Waals surface area contributed by atoms with Crippen LogP contribution in [0.1, 0.15) is 0 Å². The second kappa shape index (κ2) is 7.09. The largest absolute Gasteiger partial charge is 0.309 e. The summed E-state index contributed by atoms with van der Waals surface area (Å²) in [4.78, 5) is 0. The Balaban J connectivity index is 1.76. The van der Waals surface area contributed by atoms with Crippen LogP contribution >= 0.6 is 15.9 Å². The molecule has 0 N–H and O–H groups in total. The fourth-order valence-electron chi connectivity index (χ4n) is 5.25. The first-order chi connectivity index (χ1) is 16.3. The lowest BCUT2D eigenvalue weighted by molar-refractivity contribution is 1.17. The van der Waals surface area contributed by atoms with E-state index in [2.05, 4.69) is 140 Å². The predicted octanol–water partition coefficient (Wildman–Crippen LogP) is 8.64. The van der Waals surface area contributed by atoms with Crippen LogP contribution in [0.2, 0.25) is 0 Å². The van der Waals surface area contributed by atoms with Crippen molar-refractivity contribution >= 4 is 59.5 Å². The Bertz CT molecular complexity index is 1820. The van der Waals surface area contributed by atoms with Gasteiger partial charge in [-0.3, -0.25) is 0 Å². The number of fused-ring (bicyclic) bond motifs is 7. The van der Waals surface area contributed by atoms with Crippen molar-refractivity contribution in [2.24, 2.45) is 0 Å². The third-order valence-electron chi connectivity index (χ3n) is 6.55. The van der Waals surface area contributed by atoms with E-state index in [1.165, 1.54) is 49.3 Å². The second-order valence-electron chi connectivity index (χ2n) is 8.38. The quantitative estimate of drug-likeness (QED) is 0.231. The fourth-order valence-corrected chi connectivity index (χ4v) is 5.63. The maximum Gasteiger partial charge on any atom is 0.0641 e. The molecule has 0 fully saturated rings. The van der Waals surface area contributed by atoms with Crippen LogP contribution in [0, 0.1) is 0 Å². The number of aromatic nitrogens is 2. The van der Waals surface area contributed by atoms with Crippen LogP contribution in [0.4, 0.5) is 0 Å². The normalized spacial score (nSPS) is 11.8. The van der Waals surface area contributed by atoms with Crippen LogP contribution in [-0.2, 0) is 0 Å². The number of hydrogen-bond donors (Lipinski definition) is 0. The number of halogens is 1. The minimum Gasteiger partial charge on any atom is -0.309 e. The Morgan fingerprint density at radius 2 is 1.12 bits per heavy atom. The summed E-state index contributed by atoms with van der Waals surface area (Å²) in [5, 5.41) is 5.10. The Morgan fingerprint density at radius 3 is 1.91 bits per heavy atom. The number of rotatable bonds is 2. The molecule has 7 aromatic rings. The molecular formula is C30H19BrN2. The summed E-state index contributed by atoms with van der Waals surface area (Å²) in [6, 6.07) is 41.2. The zero-order valence-electron chi connectivity index (χ0n) is 17.7. The van der Waals surface area contributed by atoms with E-state index in [1.54, 1.807) is 0 Å². The Kier molecular flexibility index (Phi) is 4.02. The molecule has 2 heterocycles. The minimum atomic E-state index is 1.07. The molecule has 2 nitrogen and oxygen atoms in total. The first-order valence-corrected chi connectivity index (χ1v) is 11.9. The third kappa shape index (κ3) is 2.66. The van der Waals surface area contributed by atoms with E-state index in [1.807, 2.05) is 0 Å². The van der Waals surface area contributed by atoms with Gasteiger partial charge in [-0.1, -0.05) is 82.7 Å². The van der Waals surface area contributed by atoms with E-state index >= 15 is 0 Å². The third-order valence-corrected chi connectivity index (χ3v) is 7.04. The summed E-state index contributed by atoms with van der Waals surface area (Å²) in [6.45, 7) is 0. The van der Waals surface area contributed by atoms with Gasteiger partial charge in [-0.25, -0.2) is 0 Å². The summed E-state index contributed by atoms with van der Waals surface area (Å²) in [6.07, 6.45) is 0. The van der Waals surface area contributed by atoms with Crippen molar-refractivity contribution in [3.8, 4) is 11.4 Å². The maximum absolute atomic E-state index is 3.66. The summed E-state index contributed by atoms with van der Waals surface area (Å²) in [5.74, 6) is 0. The summed E-state index contributed by atoms with van der Waals surface area (Å²) in [5.41, 5.74) is 7.23. The number of hydrogen-bond acceptors (Lipinski definition) is 0. The molecule has 33 heavy (non-hydrogen) atoms. The minimum absolute atomic E-state index is 1.07. The molecule has 0 unspecified atom stereocenters. The van der Waals surface area contributed by atoms with Crippen molar-refractivity contribution in [3.05, 3.63) is 120 Å². The van der Waals surface area contributed by atoms with Gasteiger partial charge in [-0.2, -0.15) is 0 Å². The Morgan fingerprint density at radius 1 is 0.455 bits per heavy atom. The van der Waals surface area contributed by atoms with Crippen molar-refractivity contribution in [2.75, 3.05) is 0 Å². The lowest BCUT2D eigenvalue weighted by Gasteiger charge is -2.10. The zero-order valence-corrected chi connectivity index (χ0v) is 19.3. The van der Waals surface area contributed by atoms with Gasteiger partial charge in [0.15, 0.2) is 0 Å². The second-order valence-corrected chi connectivity index (χ2v) is 9.29. The number of para-hydroxylation sites is 3. The van der Waals surface area contributed by atoms with Gasteiger partial charge < -0.3 is 9.13 Å². The molecule has 0 aliphatic carbocycles. The van der Waals surface area contributed by atoms with Gasteiger partial charge in [0.2, 0.25) is 0 Å². The number of nitrogens with zero attached hydrogens (tertiary/aromatic N) is 2. The predicted molar refractivity (Wildman–Crippen MR) is 143 cm³/mol. The van der Waals surface area contributed by atoms with Crippen molar-refractivity contribution < 1.29 is 0 Å². The lowest BCUT2D eigenvalue weighted by atomic mass is 10.1. The molecule has 0 bridgehead atoms. The van der Waals surface area contributed by atoms with Gasteiger partial charge in [0.05, 0.1) is 22.1 Å². The molecule has 0 radical (unpaired) electrons. The van der Waals surface area contributed by atoms with Crippen LogP contribution in [0.3, 0.4) is 0 Å². The topological polar surface area (TPSA) is 9.86 Å². The van der Waals surface area contributed by atoms with Gasteiger partial charge in [0, 0.05) is 37.4 Å². The molecule has 156 valence electrons. The SMILES string of the molecule is Brc1cccc(-n2c3ccccc3c3c2ccc2c4ccccc4n(-c4ccccc4)c23)c1. The molecule has 5 aromatic carbocycles. The van der Waals surface area contributed by atoms with Crippen LogP contribution < -0.4 is 0 Å². The van der Waals surface area contributed by atoms with Crippen LogP contribution in [-0.4, -0.2) is 9.13 Å². The number of benzene rings is 5. The van der Waals surface area contributed by atoms with Crippen molar-refractivity contribution in [3.63, 3.8) is 0 Å². The van der Waals surface area contributed by atoms with Gasteiger partial charge in [0.1, 0.15) is 0 Å². The summed E-state index contributed by atoms with van der Waals surface area (Å²) >= 11 is 3.66. The average Bonchev–Trinajstić information content (AvgIpc) is 3.37. The summed E-state index contributed by atoms with van der Waals surface area (Å²) in [7, 11) is 0. The van der Waals surface area contributed by atoms with E-state index in [-0.39, 0.29) is 0 Å². The molecule has 0 spiro atoms. The van der Waals surface area contributed by atoms with E-state index in [4.69, 9.17) is 0 Å². The van der Waals surface area contributed by atoms with Gasteiger partial charge >= 0.3 is 0 Å². The zero-order chi connectivity index (χ0) is 21.9. The average molecular weight is 487 g/mol. The highest BCUT2D eigenvalue weighted by molar-refractivity contribution is 9.10. The monoisotopic (exact) mass is 486 g/mol. The summed E-state index contributed by atoms with van der Waals surface area (Å²) < 4.78 is 5.87. The molecular weight excluding hydrogens is 468 g/mol. The van der Waals surface area contributed by atoms with Gasteiger partial charge in [-0.15, -0.1) is 0 Å². The molecule has 2 aromatic heterocycles. The molecule has 0 amide bonds. The Hall–Kier alpha value is -3.82.